The minimum absolute atomic E-state index is 0.224. The van der Waals surface area contributed by atoms with Crippen molar-refractivity contribution in [1.82, 2.24) is 9.55 Å². The van der Waals surface area contributed by atoms with E-state index in [4.69, 9.17) is 5.73 Å². The maximum absolute atomic E-state index is 6.14. The van der Waals surface area contributed by atoms with Gasteiger partial charge in [-0.15, -0.1) is 0 Å². The Balaban J connectivity index is 2.67. The molecule has 0 aliphatic rings. The predicted octanol–water partition coefficient (Wildman–Crippen LogP) is 2.38. The molecule has 0 radical (unpaired) electrons. The fourth-order valence-corrected chi connectivity index (χ4v) is 1.69. The summed E-state index contributed by atoms with van der Waals surface area (Å²) in [5.74, 6) is 2.16. The van der Waals surface area contributed by atoms with Crippen LogP contribution in [-0.2, 0) is 6.54 Å². The molecular formula is C12H23N3. The first-order valence-electron chi connectivity index (χ1n) is 5.82. The zero-order chi connectivity index (χ0) is 11.4. The van der Waals surface area contributed by atoms with Crippen LogP contribution >= 0.6 is 0 Å². The van der Waals surface area contributed by atoms with Crippen LogP contribution < -0.4 is 5.73 Å². The molecule has 0 aromatic carbocycles. The average molecular weight is 209 g/mol. The van der Waals surface area contributed by atoms with Crippen LogP contribution in [0, 0.1) is 5.92 Å². The summed E-state index contributed by atoms with van der Waals surface area (Å²) in [6, 6.07) is 0.224. The molecule has 3 nitrogen and oxygen atoms in total. The van der Waals surface area contributed by atoms with Crippen molar-refractivity contribution in [3.63, 3.8) is 0 Å². The minimum Gasteiger partial charge on any atom is -0.333 e. The summed E-state index contributed by atoms with van der Waals surface area (Å²) in [5.41, 5.74) is 6.14. The van der Waals surface area contributed by atoms with E-state index < -0.39 is 0 Å². The van der Waals surface area contributed by atoms with Crippen molar-refractivity contribution in [2.45, 2.75) is 52.6 Å². The molecule has 3 heteroatoms. The number of hydrogen-bond donors (Lipinski definition) is 1. The van der Waals surface area contributed by atoms with E-state index in [1.807, 2.05) is 12.4 Å². The number of nitrogens with zero attached hydrogens (tertiary/aromatic N) is 2. The van der Waals surface area contributed by atoms with Crippen molar-refractivity contribution >= 4 is 0 Å². The number of aromatic nitrogens is 2. The molecule has 0 bridgehead atoms. The first-order valence-corrected chi connectivity index (χ1v) is 5.82. The van der Waals surface area contributed by atoms with E-state index in [1.54, 1.807) is 0 Å². The van der Waals surface area contributed by atoms with Crippen LogP contribution in [0.25, 0.3) is 0 Å². The molecule has 2 N–H and O–H groups in total. The minimum atomic E-state index is 0.224. The Bertz CT molecular complexity index is 291. The average Bonchev–Trinajstić information content (AvgIpc) is 2.64. The summed E-state index contributed by atoms with van der Waals surface area (Å²) in [7, 11) is 0. The van der Waals surface area contributed by atoms with E-state index in [9.17, 15) is 0 Å². The standard InChI is InChI=1S/C12H23N3/c1-5-10(4)11(13)8-15-7-6-14-12(15)9(2)3/h6-7,9-11H,5,8,13H2,1-4H3. The molecule has 0 saturated carbocycles. The second-order valence-electron chi connectivity index (χ2n) is 4.64. The van der Waals surface area contributed by atoms with Crippen LogP contribution in [0.4, 0.5) is 0 Å². The van der Waals surface area contributed by atoms with Gasteiger partial charge in [0.15, 0.2) is 0 Å². The molecule has 1 heterocycles. The smallest absolute Gasteiger partial charge is 0.111 e. The molecule has 0 spiro atoms. The third kappa shape index (κ3) is 3.06. The van der Waals surface area contributed by atoms with Crippen LogP contribution in [0.5, 0.6) is 0 Å². The number of hydrogen-bond acceptors (Lipinski definition) is 2. The number of rotatable bonds is 5. The molecular weight excluding hydrogens is 186 g/mol. The SMILES string of the molecule is CCC(C)C(N)Cn1ccnc1C(C)C. The molecule has 15 heavy (non-hydrogen) atoms. The highest BCUT2D eigenvalue weighted by atomic mass is 15.1. The van der Waals surface area contributed by atoms with Gasteiger partial charge in [0.2, 0.25) is 0 Å². The molecule has 1 rings (SSSR count). The fraction of sp³-hybridized carbons (Fsp3) is 0.750. The molecule has 86 valence electrons. The lowest BCUT2D eigenvalue weighted by Crippen LogP contribution is -2.33. The second-order valence-corrected chi connectivity index (χ2v) is 4.64. The summed E-state index contributed by atoms with van der Waals surface area (Å²) in [5, 5.41) is 0. The first-order chi connectivity index (χ1) is 7.06. The van der Waals surface area contributed by atoms with Crippen molar-refractivity contribution < 1.29 is 0 Å². The summed E-state index contributed by atoms with van der Waals surface area (Å²) >= 11 is 0. The van der Waals surface area contributed by atoms with Crippen molar-refractivity contribution in [3.05, 3.63) is 18.2 Å². The van der Waals surface area contributed by atoms with Gasteiger partial charge in [-0.25, -0.2) is 4.98 Å². The lowest BCUT2D eigenvalue weighted by Gasteiger charge is -2.20. The summed E-state index contributed by atoms with van der Waals surface area (Å²) in [6.45, 7) is 9.59. The Kier molecular flexibility index (Phi) is 4.33. The van der Waals surface area contributed by atoms with E-state index >= 15 is 0 Å². The third-order valence-electron chi connectivity index (χ3n) is 3.05. The summed E-state index contributed by atoms with van der Waals surface area (Å²) in [6.07, 6.45) is 5.02. The van der Waals surface area contributed by atoms with Gasteiger partial charge in [0.05, 0.1) is 0 Å². The Morgan fingerprint density at radius 3 is 2.60 bits per heavy atom. The fourth-order valence-electron chi connectivity index (χ4n) is 1.69. The highest BCUT2D eigenvalue weighted by Crippen LogP contribution is 2.14. The Labute approximate surface area is 92.7 Å². The first kappa shape index (κ1) is 12.2. The summed E-state index contributed by atoms with van der Waals surface area (Å²) in [4.78, 5) is 4.36. The quantitative estimate of drug-likeness (QED) is 0.809. The van der Waals surface area contributed by atoms with Gasteiger partial charge in [0.1, 0.15) is 5.82 Å². The highest BCUT2D eigenvalue weighted by Gasteiger charge is 2.14. The monoisotopic (exact) mass is 209 g/mol. The van der Waals surface area contributed by atoms with E-state index in [0.29, 0.717) is 11.8 Å². The molecule has 0 aliphatic carbocycles. The van der Waals surface area contributed by atoms with Gasteiger partial charge in [-0.3, -0.25) is 0 Å². The van der Waals surface area contributed by atoms with Gasteiger partial charge in [0, 0.05) is 30.9 Å². The van der Waals surface area contributed by atoms with Gasteiger partial charge in [-0.05, 0) is 5.92 Å². The van der Waals surface area contributed by atoms with Crippen molar-refractivity contribution in [2.24, 2.45) is 11.7 Å². The molecule has 0 aliphatic heterocycles. The number of imidazole rings is 1. The Hall–Kier alpha value is -0.830. The maximum atomic E-state index is 6.14. The molecule has 1 aromatic rings. The van der Waals surface area contributed by atoms with Crippen LogP contribution in [0.1, 0.15) is 45.9 Å². The van der Waals surface area contributed by atoms with E-state index in [2.05, 4.69) is 37.2 Å². The van der Waals surface area contributed by atoms with Crippen molar-refractivity contribution in [3.8, 4) is 0 Å². The lowest BCUT2D eigenvalue weighted by molar-refractivity contribution is 0.389. The maximum Gasteiger partial charge on any atom is 0.111 e. The van der Waals surface area contributed by atoms with Gasteiger partial charge >= 0.3 is 0 Å². The third-order valence-corrected chi connectivity index (χ3v) is 3.05. The zero-order valence-electron chi connectivity index (χ0n) is 10.3. The number of nitrogens with two attached hydrogens (primary N) is 1. The Morgan fingerprint density at radius 2 is 2.07 bits per heavy atom. The van der Waals surface area contributed by atoms with Crippen molar-refractivity contribution in [1.29, 1.82) is 0 Å². The van der Waals surface area contributed by atoms with Crippen LogP contribution in [0.2, 0.25) is 0 Å². The van der Waals surface area contributed by atoms with Crippen LogP contribution in [0.3, 0.4) is 0 Å². The van der Waals surface area contributed by atoms with Crippen LogP contribution in [0.15, 0.2) is 12.4 Å². The summed E-state index contributed by atoms with van der Waals surface area (Å²) < 4.78 is 2.18. The van der Waals surface area contributed by atoms with E-state index in [-0.39, 0.29) is 6.04 Å². The normalized spacial score (nSPS) is 15.6. The van der Waals surface area contributed by atoms with E-state index in [0.717, 1.165) is 18.8 Å². The van der Waals surface area contributed by atoms with Gasteiger partial charge in [0.25, 0.3) is 0 Å². The topological polar surface area (TPSA) is 43.8 Å². The lowest BCUT2D eigenvalue weighted by atomic mass is 10.00. The molecule has 0 amide bonds. The van der Waals surface area contributed by atoms with Crippen molar-refractivity contribution in [2.75, 3.05) is 0 Å². The van der Waals surface area contributed by atoms with Gasteiger partial charge in [-0.1, -0.05) is 34.1 Å². The Morgan fingerprint density at radius 1 is 1.40 bits per heavy atom. The molecule has 2 unspecified atom stereocenters. The molecule has 0 saturated heterocycles. The molecule has 2 atom stereocenters. The largest absolute Gasteiger partial charge is 0.333 e. The molecule has 1 aromatic heterocycles. The van der Waals surface area contributed by atoms with Crippen LogP contribution in [-0.4, -0.2) is 15.6 Å². The van der Waals surface area contributed by atoms with Gasteiger partial charge < -0.3 is 10.3 Å². The second kappa shape index (κ2) is 5.31. The molecule has 0 fully saturated rings. The highest BCUT2D eigenvalue weighted by molar-refractivity contribution is 4.98. The predicted molar refractivity (Wildman–Crippen MR) is 63.7 cm³/mol. The van der Waals surface area contributed by atoms with Gasteiger partial charge in [-0.2, -0.15) is 0 Å². The zero-order valence-corrected chi connectivity index (χ0v) is 10.3. The van der Waals surface area contributed by atoms with E-state index in [1.165, 1.54) is 0 Å².